The number of non-ortho nitro benzene ring substituents is 1. The zero-order chi connectivity index (χ0) is 16.1. The highest BCUT2D eigenvalue weighted by molar-refractivity contribution is 6.30. The average molecular weight is 319 g/mol. The molecule has 0 heterocycles. The average Bonchev–Trinajstić information content (AvgIpc) is 2.48. The van der Waals surface area contributed by atoms with Crippen molar-refractivity contribution in [3.8, 4) is 5.75 Å². The van der Waals surface area contributed by atoms with Crippen LogP contribution in [0.4, 0.5) is 5.69 Å². The highest BCUT2D eigenvalue weighted by Gasteiger charge is 2.06. The molecular formula is C14H9ClN3O4-. The van der Waals surface area contributed by atoms with E-state index < -0.39 is 16.6 Å². The van der Waals surface area contributed by atoms with E-state index >= 15 is 0 Å². The Hall–Kier alpha value is -2.93. The number of hydrogen-bond donors (Lipinski definition) is 1. The molecule has 0 spiro atoms. The van der Waals surface area contributed by atoms with E-state index in [1.54, 1.807) is 18.2 Å². The van der Waals surface area contributed by atoms with Crippen molar-refractivity contribution in [1.82, 2.24) is 5.43 Å². The molecule has 0 saturated heterocycles. The molecule has 0 atom stereocenters. The van der Waals surface area contributed by atoms with Crippen molar-refractivity contribution in [2.75, 3.05) is 0 Å². The molecule has 0 aliphatic rings. The van der Waals surface area contributed by atoms with Crippen molar-refractivity contribution < 1.29 is 14.8 Å². The van der Waals surface area contributed by atoms with Gasteiger partial charge in [-0.1, -0.05) is 29.5 Å². The smallest absolute Gasteiger partial charge is 0.271 e. The summed E-state index contributed by atoms with van der Waals surface area (Å²) in [6, 6.07) is 9.48. The van der Waals surface area contributed by atoms with Crippen LogP contribution in [0.3, 0.4) is 0 Å². The van der Waals surface area contributed by atoms with Gasteiger partial charge in [0.25, 0.3) is 11.6 Å². The van der Waals surface area contributed by atoms with Crippen molar-refractivity contribution >= 4 is 29.4 Å². The largest absolute Gasteiger partial charge is 0.872 e. The molecule has 1 N–H and O–H groups in total. The van der Waals surface area contributed by atoms with Gasteiger partial charge in [0.1, 0.15) is 0 Å². The molecule has 112 valence electrons. The summed E-state index contributed by atoms with van der Waals surface area (Å²) in [5, 5.41) is 26.2. The second-order valence-electron chi connectivity index (χ2n) is 4.19. The number of nitro benzene ring substituents is 1. The van der Waals surface area contributed by atoms with Crippen molar-refractivity contribution in [2.24, 2.45) is 5.10 Å². The van der Waals surface area contributed by atoms with Crippen LogP contribution in [-0.2, 0) is 0 Å². The summed E-state index contributed by atoms with van der Waals surface area (Å²) < 4.78 is 0. The van der Waals surface area contributed by atoms with Gasteiger partial charge in [-0.25, -0.2) is 5.43 Å². The fraction of sp³-hybridized carbons (Fsp3) is 0. The van der Waals surface area contributed by atoms with Gasteiger partial charge in [0.2, 0.25) is 0 Å². The first-order valence-electron chi connectivity index (χ1n) is 6.02. The lowest BCUT2D eigenvalue weighted by atomic mass is 10.2. The predicted octanol–water partition coefficient (Wildman–Crippen LogP) is 2.09. The van der Waals surface area contributed by atoms with Crippen molar-refractivity contribution in [3.63, 3.8) is 0 Å². The maximum atomic E-state index is 11.8. The lowest BCUT2D eigenvalue weighted by molar-refractivity contribution is -0.385. The third-order valence-corrected chi connectivity index (χ3v) is 2.90. The summed E-state index contributed by atoms with van der Waals surface area (Å²) in [5.41, 5.74) is 2.28. The lowest BCUT2D eigenvalue weighted by Crippen LogP contribution is -2.17. The lowest BCUT2D eigenvalue weighted by Gasteiger charge is -2.08. The number of nitrogens with one attached hydrogen (secondary N) is 1. The number of nitro groups is 1. The first-order valence-corrected chi connectivity index (χ1v) is 6.39. The van der Waals surface area contributed by atoms with Gasteiger partial charge in [0, 0.05) is 22.7 Å². The van der Waals surface area contributed by atoms with Crippen LogP contribution in [0.25, 0.3) is 0 Å². The third-order valence-electron chi connectivity index (χ3n) is 2.66. The number of carbonyl (C=O) groups is 1. The number of hydrogen-bond acceptors (Lipinski definition) is 5. The van der Waals surface area contributed by atoms with Gasteiger partial charge in [-0.2, -0.15) is 5.10 Å². The zero-order valence-corrected chi connectivity index (χ0v) is 11.8. The summed E-state index contributed by atoms with van der Waals surface area (Å²) in [6.07, 6.45) is 1.05. The predicted molar refractivity (Wildman–Crippen MR) is 79.1 cm³/mol. The monoisotopic (exact) mass is 318 g/mol. The number of halogens is 1. The molecule has 0 aromatic heterocycles. The van der Waals surface area contributed by atoms with E-state index in [4.69, 9.17) is 11.6 Å². The van der Waals surface area contributed by atoms with Crippen LogP contribution in [-0.4, -0.2) is 17.0 Å². The maximum Gasteiger partial charge on any atom is 0.271 e. The fourth-order valence-corrected chi connectivity index (χ4v) is 1.80. The van der Waals surface area contributed by atoms with E-state index in [2.05, 4.69) is 10.5 Å². The number of nitrogens with zero attached hydrogens (tertiary/aromatic N) is 2. The molecule has 0 bridgehead atoms. The molecule has 8 heteroatoms. The summed E-state index contributed by atoms with van der Waals surface area (Å²) >= 11 is 5.76. The Kier molecular flexibility index (Phi) is 4.70. The first-order chi connectivity index (χ1) is 10.5. The van der Waals surface area contributed by atoms with Crippen LogP contribution < -0.4 is 10.5 Å². The quantitative estimate of drug-likeness (QED) is 0.529. The Balaban J connectivity index is 2.11. The Morgan fingerprint density at radius 1 is 1.27 bits per heavy atom. The van der Waals surface area contributed by atoms with Gasteiger partial charge in [-0.15, -0.1) is 0 Å². The van der Waals surface area contributed by atoms with Gasteiger partial charge < -0.3 is 5.11 Å². The Labute approximate surface area is 130 Å². The van der Waals surface area contributed by atoms with Gasteiger partial charge in [-0.05, 0) is 23.8 Å². The number of amides is 1. The Bertz CT molecular complexity index is 762. The van der Waals surface area contributed by atoms with Gasteiger partial charge >= 0.3 is 0 Å². The molecule has 2 rings (SSSR count). The summed E-state index contributed by atoms with van der Waals surface area (Å²) in [6.45, 7) is 0. The number of benzene rings is 2. The highest BCUT2D eigenvalue weighted by atomic mass is 35.5. The van der Waals surface area contributed by atoms with E-state index in [0.717, 1.165) is 24.4 Å². The standard InChI is InChI=1S/C14H10ClN3O4/c15-11-3-1-2-9(6-11)14(20)17-16-8-10-7-12(18(21)22)4-5-13(10)19/h1-8,19H,(H,17,20)/p-1. The van der Waals surface area contributed by atoms with Crippen molar-refractivity contribution in [3.05, 3.63) is 68.7 Å². The molecule has 0 radical (unpaired) electrons. The SMILES string of the molecule is O=C(NN=Cc1cc([N+](=O)[O-])ccc1[O-])c1cccc(Cl)c1. The molecule has 0 fully saturated rings. The Morgan fingerprint density at radius 2 is 2.05 bits per heavy atom. The molecule has 22 heavy (non-hydrogen) atoms. The number of rotatable bonds is 4. The highest BCUT2D eigenvalue weighted by Crippen LogP contribution is 2.19. The van der Waals surface area contributed by atoms with Crippen molar-refractivity contribution in [1.29, 1.82) is 0 Å². The first kappa shape index (κ1) is 15.5. The van der Waals surface area contributed by atoms with Crippen LogP contribution >= 0.6 is 11.6 Å². The van der Waals surface area contributed by atoms with E-state index in [1.807, 2.05) is 0 Å². The topological polar surface area (TPSA) is 108 Å². The third kappa shape index (κ3) is 3.80. The summed E-state index contributed by atoms with van der Waals surface area (Å²) in [4.78, 5) is 21.8. The van der Waals surface area contributed by atoms with Gasteiger partial charge in [0.15, 0.2) is 0 Å². The van der Waals surface area contributed by atoms with Crippen LogP contribution in [0.1, 0.15) is 15.9 Å². The summed E-state index contributed by atoms with van der Waals surface area (Å²) in [5.74, 6) is -0.956. The molecule has 0 unspecified atom stereocenters. The normalized spacial score (nSPS) is 10.6. The van der Waals surface area contributed by atoms with Crippen LogP contribution in [0, 0.1) is 10.1 Å². The molecule has 2 aromatic carbocycles. The fourth-order valence-electron chi connectivity index (χ4n) is 1.61. The van der Waals surface area contributed by atoms with Crippen LogP contribution in [0.5, 0.6) is 5.75 Å². The van der Waals surface area contributed by atoms with Crippen LogP contribution in [0.15, 0.2) is 47.6 Å². The minimum Gasteiger partial charge on any atom is -0.872 e. The molecule has 0 saturated carbocycles. The van der Waals surface area contributed by atoms with Gasteiger partial charge in [-0.3, -0.25) is 14.9 Å². The molecular weight excluding hydrogens is 310 g/mol. The second kappa shape index (κ2) is 6.68. The van der Waals surface area contributed by atoms with E-state index in [0.29, 0.717) is 10.6 Å². The Morgan fingerprint density at radius 3 is 2.73 bits per heavy atom. The molecule has 0 aliphatic heterocycles. The maximum absolute atomic E-state index is 11.8. The number of hydrazone groups is 1. The van der Waals surface area contributed by atoms with E-state index in [-0.39, 0.29) is 11.3 Å². The minimum absolute atomic E-state index is 0.000550. The molecule has 2 aromatic rings. The second-order valence-corrected chi connectivity index (χ2v) is 4.63. The zero-order valence-electron chi connectivity index (χ0n) is 11.0. The summed E-state index contributed by atoms with van der Waals surface area (Å²) in [7, 11) is 0. The minimum atomic E-state index is -0.624. The molecule has 0 aliphatic carbocycles. The molecule has 1 amide bonds. The van der Waals surface area contributed by atoms with Gasteiger partial charge in [0.05, 0.1) is 11.1 Å². The van der Waals surface area contributed by atoms with E-state index in [9.17, 15) is 20.0 Å². The van der Waals surface area contributed by atoms with Crippen LogP contribution in [0.2, 0.25) is 5.02 Å². The van der Waals surface area contributed by atoms with Crippen molar-refractivity contribution in [2.45, 2.75) is 0 Å². The molecule has 7 nitrogen and oxygen atoms in total. The number of carbonyl (C=O) groups excluding carboxylic acids is 1. The van der Waals surface area contributed by atoms with E-state index in [1.165, 1.54) is 6.07 Å².